The monoisotopic (exact) mass is 448 g/mol. The van der Waals surface area contributed by atoms with Gasteiger partial charge in [0.1, 0.15) is 4.90 Å². The average Bonchev–Trinajstić information content (AvgIpc) is 2.66. The number of anilines is 1. The van der Waals surface area contributed by atoms with E-state index in [1.54, 1.807) is 12.1 Å². The predicted octanol–water partition coefficient (Wildman–Crippen LogP) is 3.92. The number of nitrogens with one attached hydrogen (secondary N) is 1. The Bertz CT molecular complexity index is 976. The highest BCUT2D eigenvalue weighted by atomic mass is 35.5. The molecule has 6 nitrogen and oxygen atoms in total. The summed E-state index contributed by atoms with van der Waals surface area (Å²) in [6.07, 6.45) is 0. The second-order valence-electron chi connectivity index (χ2n) is 5.72. The Morgan fingerprint density at radius 1 is 1.04 bits per heavy atom. The highest BCUT2D eigenvalue weighted by Gasteiger charge is 2.28. The number of nitrogens with zero attached hydrogens (tertiary/aromatic N) is 1. The summed E-state index contributed by atoms with van der Waals surface area (Å²) in [4.78, 5) is 12.4. The van der Waals surface area contributed by atoms with Crippen LogP contribution in [-0.2, 0) is 14.8 Å². The molecule has 0 bridgehead atoms. The normalized spacial score (nSPS) is 15.5. The van der Waals surface area contributed by atoms with Gasteiger partial charge in [0, 0.05) is 18.8 Å². The standard InChI is InChI=1S/C17H15Cl3N2O4S/c18-13-5-4-11(21-17(23)12-2-1-3-14(19)16(12)20)10-15(13)27(24,25)22-6-8-26-9-7-22/h1-5,10H,6-9H2,(H,21,23). The average molecular weight is 450 g/mol. The summed E-state index contributed by atoms with van der Waals surface area (Å²) in [7, 11) is -3.81. The molecular weight excluding hydrogens is 435 g/mol. The van der Waals surface area contributed by atoms with Crippen LogP contribution in [0.5, 0.6) is 0 Å². The Labute approximate surface area is 172 Å². The van der Waals surface area contributed by atoms with E-state index in [0.717, 1.165) is 0 Å². The lowest BCUT2D eigenvalue weighted by Gasteiger charge is -2.26. The molecule has 0 unspecified atom stereocenters. The lowest BCUT2D eigenvalue weighted by molar-refractivity contribution is 0.0730. The van der Waals surface area contributed by atoms with E-state index in [9.17, 15) is 13.2 Å². The summed E-state index contributed by atoms with van der Waals surface area (Å²) in [6.45, 7) is 1.13. The van der Waals surface area contributed by atoms with E-state index in [1.807, 2.05) is 0 Å². The quantitative estimate of drug-likeness (QED) is 0.767. The number of halogens is 3. The van der Waals surface area contributed by atoms with Gasteiger partial charge in [0.25, 0.3) is 5.91 Å². The first-order chi connectivity index (χ1) is 12.8. The van der Waals surface area contributed by atoms with Crippen LogP contribution in [0, 0.1) is 0 Å². The van der Waals surface area contributed by atoms with Crippen LogP contribution in [0.3, 0.4) is 0 Å². The highest BCUT2D eigenvalue weighted by Crippen LogP contribution is 2.30. The van der Waals surface area contributed by atoms with Gasteiger partial charge in [-0.1, -0.05) is 40.9 Å². The van der Waals surface area contributed by atoms with Gasteiger partial charge in [0.2, 0.25) is 10.0 Å². The number of carbonyl (C=O) groups is 1. The minimum atomic E-state index is -3.81. The van der Waals surface area contributed by atoms with E-state index in [0.29, 0.717) is 13.2 Å². The summed E-state index contributed by atoms with van der Waals surface area (Å²) in [5, 5.41) is 3.05. The number of carbonyl (C=O) groups excluding carboxylic acids is 1. The zero-order chi connectivity index (χ0) is 19.6. The van der Waals surface area contributed by atoms with Crippen LogP contribution in [0.15, 0.2) is 41.3 Å². The van der Waals surface area contributed by atoms with E-state index in [2.05, 4.69) is 5.32 Å². The third-order valence-corrected chi connectivity index (χ3v) is 7.17. The molecule has 1 aliphatic heterocycles. The summed E-state index contributed by atoms with van der Waals surface area (Å²) in [5.74, 6) is -0.514. The molecule has 0 saturated carbocycles. The van der Waals surface area contributed by atoms with Crippen molar-refractivity contribution in [2.45, 2.75) is 4.90 Å². The summed E-state index contributed by atoms with van der Waals surface area (Å²) < 4.78 is 32.2. The van der Waals surface area contributed by atoms with Crippen LogP contribution < -0.4 is 5.32 Å². The van der Waals surface area contributed by atoms with E-state index in [4.69, 9.17) is 39.5 Å². The second kappa shape index (κ2) is 8.34. The number of morpholine rings is 1. The van der Waals surface area contributed by atoms with E-state index in [1.165, 1.54) is 28.6 Å². The molecule has 0 radical (unpaired) electrons. The fourth-order valence-corrected chi connectivity index (χ4v) is 4.88. The molecule has 1 saturated heterocycles. The van der Waals surface area contributed by atoms with E-state index < -0.39 is 15.9 Å². The lowest BCUT2D eigenvalue weighted by atomic mass is 10.2. The molecular formula is C17H15Cl3N2O4S. The van der Waals surface area contributed by atoms with Gasteiger partial charge >= 0.3 is 0 Å². The molecule has 144 valence electrons. The zero-order valence-electron chi connectivity index (χ0n) is 13.9. The molecule has 1 aliphatic rings. The number of benzene rings is 2. The molecule has 1 heterocycles. The number of sulfonamides is 1. The maximum atomic E-state index is 12.8. The Morgan fingerprint density at radius 3 is 2.44 bits per heavy atom. The van der Waals surface area contributed by atoms with Crippen molar-refractivity contribution in [2.24, 2.45) is 0 Å². The molecule has 2 aromatic rings. The van der Waals surface area contributed by atoms with Crippen molar-refractivity contribution in [2.75, 3.05) is 31.6 Å². The molecule has 0 spiro atoms. The Morgan fingerprint density at radius 2 is 1.74 bits per heavy atom. The molecule has 10 heteroatoms. The highest BCUT2D eigenvalue weighted by molar-refractivity contribution is 7.89. The third kappa shape index (κ3) is 4.39. The van der Waals surface area contributed by atoms with Gasteiger partial charge in [-0.05, 0) is 30.3 Å². The van der Waals surface area contributed by atoms with Crippen LogP contribution in [-0.4, -0.2) is 44.9 Å². The number of hydrogen-bond donors (Lipinski definition) is 1. The van der Waals surface area contributed by atoms with Crippen LogP contribution >= 0.6 is 34.8 Å². The van der Waals surface area contributed by atoms with Gasteiger partial charge < -0.3 is 10.1 Å². The lowest BCUT2D eigenvalue weighted by Crippen LogP contribution is -2.40. The van der Waals surface area contributed by atoms with Crippen LogP contribution in [0.4, 0.5) is 5.69 Å². The Balaban J connectivity index is 1.89. The van der Waals surface area contributed by atoms with Gasteiger partial charge in [-0.2, -0.15) is 4.31 Å². The summed E-state index contributed by atoms with van der Waals surface area (Å²) in [6, 6.07) is 8.94. The van der Waals surface area contributed by atoms with Crippen molar-refractivity contribution in [1.29, 1.82) is 0 Å². The summed E-state index contributed by atoms with van der Waals surface area (Å²) in [5.41, 5.74) is 0.448. The predicted molar refractivity (Wildman–Crippen MR) is 105 cm³/mol. The van der Waals surface area contributed by atoms with Gasteiger partial charge in [-0.3, -0.25) is 4.79 Å². The number of hydrogen-bond acceptors (Lipinski definition) is 4. The largest absolute Gasteiger partial charge is 0.379 e. The molecule has 0 atom stereocenters. The number of ether oxygens (including phenoxy) is 1. The van der Waals surface area contributed by atoms with Crippen molar-refractivity contribution < 1.29 is 17.9 Å². The Kier molecular flexibility index (Phi) is 6.30. The molecule has 1 amide bonds. The number of rotatable bonds is 4. The van der Waals surface area contributed by atoms with Crippen molar-refractivity contribution in [3.8, 4) is 0 Å². The fraction of sp³-hybridized carbons (Fsp3) is 0.235. The van der Waals surface area contributed by atoms with Gasteiger partial charge in [0.15, 0.2) is 0 Å². The van der Waals surface area contributed by atoms with Crippen LogP contribution in [0.1, 0.15) is 10.4 Å². The molecule has 0 aromatic heterocycles. The smallest absolute Gasteiger partial charge is 0.257 e. The fourth-order valence-electron chi connectivity index (χ4n) is 2.58. The van der Waals surface area contributed by atoms with Crippen LogP contribution in [0.25, 0.3) is 0 Å². The number of amides is 1. The third-order valence-electron chi connectivity index (χ3n) is 3.97. The summed E-state index contributed by atoms with van der Waals surface area (Å²) >= 11 is 18.1. The molecule has 27 heavy (non-hydrogen) atoms. The van der Waals surface area contributed by atoms with Gasteiger partial charge in [-0.15, -0.1) is 0 Å². The maximum absolute atomic E-state index is 12.8. The minimum absolute atomic E-state index is 0.0697. The Hall–Kier alpha value is -1.35. The first kappa shape index (κ1) is 20.4. The maximum Gasteiger partial charge on any atom is 0.257 e. The van der Waals surface area contributed by atoms with Crippen molar-refractivity contribution in [3.05, 3.63) is 57.0 Å². The van der Waals surface area contributed by atoms with E-state index in [-0.39, 0.29) is 44.3 Å². The van der Waals surface area contributed by atoms with Gasteiger partial charge in [0.05, 0.1) is 33.8 Å². The van der Waals surface area contributed by atoms with E-state index >= 15 is 0 Å². The first-order valence-corrected chi connectivity index (χ1v) is 10.5. The molecule has 2 aromatic carbocycles. The topological polar surface area (TPSA) is 75.7 Å². The second-order valence-corrected chi connectivity index (χ2v) is 8.82. The van der Waals surface area contributed by atoms with Crippen LogP contribution in [0.2, 0.25) is 15.1 Å². The zero-order valence-corrected chi connectivity index (χ0v) is 17.0. The molecule has 1 fully saturated rings. The first-order valence-electron chi connectivity index (χ1n) is 7.93. The van der Waals surface area contributed by atoms with Gasteiger partial charge in [-0.25, -0.2) is 8.42 Å². The molecule has 3 rings (SSSR count). The van der Waals surface area contributed by atoms with Crippen molar-refractivity contribution >= 4 is 56.4 Å². The van der Waals surface area contributed by atoms with Crippen molar-refractivity contribution in [1.82, 2.24) is 4.31 Å². The van der Waals surface area contributed by atoms with Crippen molar-refractivity contribution in [3.63, 3.8) is 0 Å². The molecule has 0 aliphatic carbocycles. The SMILES string of the molecule is O=C(Nc1ccc(Cl)c(S(=O)(=O)N2CCOCC2)c1)c1cccc(Cl)c1Cl. The minimum Gasteiger partial charge on any atom is -0.379 e. The molecule has 1 N–H and O–H groups in total.